The summed E-state index contributed by atoms with van der Waals surface area (Å²) in [6, 6.07) is 14.8. The van der Waals surface area contributed by atoms with Crippen molar-refractivity contribution in [3.8, 4) is 0 Å². The fourth-order valence-electron chi connectivity index (χ4n) is 2.06. The summed E-state index contributed by atoms with van der Waals surface area (Å²) in [6.45, 7) is 3.30. The SMILES string of the molecule is CN=C(NCc1cccc(C)c1)NCc1cccc(F)c1.I. The highest BCUT2D eigenvalue weighted by Gasteiger charge is 2.00. The van der Waals surface area contributed by atoms with Crippen LogP contribution in [0.5, 0.6) is 0 Å². The molecule has 0 saturated carbocycles. The normalized spacial score (nSPS) is 10.8. The van der Waals surface area contributed by atoms with Crippen LogP contribution in [0.25, 0.3) is 0 Å². The van der Waals surface area contributed by atoms with Crippen molar-refractivity contribution >= 4 is 29.9 Å². The third-order valence-corrected chi connectivity index (χ3v) is 3.12. The Balaban J connectivity index is 0.00000242. The lowest BCUT2D eigenvalue weighted by molar-refractivity contribution is 0.624. The predicted molar refractivity (Wildman–Crippen MR) is 100 cm³/mol. The second kappa shape index (κ2) is 9.40. The second-order valence-electron chi connectivity index (χ2n) is 4.90. The van der Waals surface area contributed by atoms with Gasteiger partial charge in [0, 0.05) is 20.1 Å². The third-order valence-electron chi connectivity index (χ3n) is 3.12. The van der Waals surface area contributed by atoms with E-state index in [2.05, 4.69) is 40.7 Å². The van der Waals surface area contributed by atoms with E-state index in [1.165, 1.54) is 23.3 Å². The minimum Gasteiger partial charge on any atom is -0.352 e. The van der Waals surface area contributed by atoms with E-state index in [4.69, 9.17) is 0 Å². The number of nitrogens with zero attached hydrogens (tertiary/aromatic N) is 1. The van der Waals surface area contributed by atoms with Gasteiger partial charge >= 0.3 is 0 Å². The van der Waals surface area contributed by atoms with Crippen LogP contribution < -0.4 is 10.6 Å². The van der Waals surface area contributed by atoms with Crippen molar-refractivity contribution in [1.82, 2.24) is 10.6 Å². The molecule has 2 N–H and O–H groups in total. The number of hydrogen-bond acceptors (Lipinski definition) is 1. The van der Waals surface area contributed by atoms with E-state index in [0.29, 0.717) is 19.0 Å². The van der Waals surface area contributed by atoms with Crippen LogP contribution in [0.2, 0.25) is 0 Å². The summed E-state index contributed by atoms with van der Waals surface area (Å²) in [7, 11) is 1.72. The number of hydrogen-bond donors (Lipinski definition) is 2. The molecule has 2 aromatic carbocycles. The first-order valence-electron chi connectivity index (χ1n) is 6.92. The number of halogens is 2. The molecular formula is C17H21FIN3. The lowest BCUT2D eigenvalue weighted by Gasteiger charge is -2.12. The van der Waals surface area contributed by atoms with Crippen molar-refractivity contribution in [2.75, 3.05) is 7.05 Å². The van der Waals surface area contributed by atoms with Gasteiger partial charge in [0.05, 0.1) is 0 Å². The molecule has 0 radical (unpaired) electrons. The largest absolute Gasteiger partial charge is 0.352 e. The van der Waals surface area contributed by atoms with Crippen molar-refractivity contribution < 1.29 is 4.39 Å². The Hall–Kier alpha value is -1.63. The van der Waals surface area contributed by atoms with Gasteiger partial charge in [0.2, 0.25) is 0 Å². The van der Waals surface area contributed by atoms with Crippen molar-refractivity contribution in [3.05, 3.63) is 71.0 Å². The van der Waals surface area contributed by atoms with Gasteiger partial charge in [-0.3, -0.25) is 4.99 Å². The number of aryl methyl sites for hydroxylation is 1. The Labute approximate surface area is 148 Å². The molecule has 0 unspecified atom stereocenters. The Morgan fingerprint density at radius 2 is 1.59 bits per heavy atom. The van der Waals surface area contributed by atoms with Crippen molar-refractivity contribution in [3.63, 3.8) is 0 Å². The van der Waals surface area contributed by atoms with Gasteiger partial charge < -0.3 is 10.6 Å². The maximum absolute atomic E-state index is 13.1. The van der Waals surface area contributed by atoms with Crippen molar-refractivity contribution in [2.45, 2.75) is 20.0 Å². The molecule has 0 spiro atoms. The molecule has 0 bridgehead atoms. The lowest BCUT2D eigenvalue weighted by Crippen LogP contribution is -2.36. The van der Waals surface area contributed by atoms with Gasteiger partial charge in [-0.15, -0.1) is 24.0 Å². The van der Waals surface area contributed by atoms with E-state index in [1.807, 2.05) is 12.1 Å². The molecule has 0 amide bonds. The van der Waals surface area contributed by atoms with E-state index in [-0.39, 0.29) is 29.8 Å². The highest BCUT2D eigenvalue weighted by atomic mass is 127. The monoisotopic (exact) mass is 413 g/mol. The zero-order valence-corrected chi connectivity index (χ0v) is 15.1. The number of nitrogens with one attached hydrogen (secondary N) is 2. The molecule has 0 saturated heterocycles. The van der Waals surface area contributed by atoms with Crippen LogP contribution in [0.1, 0.15) is 16.7 Å². The molecule has 0 fully saturated rings. The first-order chi connectivity index (χ1) is 10.2. The average molecular weight is 413 g/mol. The minimum absolute atomic E-state index is 0. The van der Waals surface area contributed by atoms with Gasteiger partial charge in [-0.25, -0.2) is 4.39 Å². The molecule has 5 heteroatoms. The molecule has 0 atom stereocenters. The van der Waals surface area contributed by atoms with E-state index >= 15 is 0 Å². The molecule has 0 aliphatic rings. The number of aliphatic imine (C=N–C) groups is 1. The summed E-state index contributed by atoms with van der Waals surface area (Å²) < 4.78 is 13.1. The maximum Gasteiger partial charge on any atom is 0.191 e. The molecule has 2 aromatic rings. The van der Waals surface area contributed by atoms with Crippen molar-refractivity contribution in [2.24, 2.45) is 4.99 Å². The molecular weight excluding hydrogens is 392 g/mol. The molecule has 0 aliphatic carbocycles. The number of benzene rings is 2. The number of guanidine groups is 1. The molecule has 0 aliphatic heterocycles. The van der Waals surface area contributed by atoms with Crippen molar-refractivity contribution in [1.29, 1.82) is 0 Å². The van der Waals surface area contributed by atoms with Crippen LogP contribution in [0.15, 0.2) is 53.5 Å². The fourth-order valence-corrected chi connectivity index (χ4v) is 2.06. The highest BCUT2D eigenvalue weighted by Crippen LogP contribution is 2.04. The van der Waals surface area contributed by atoms with E-state index in [9.17, 15) is 4.39 Å². The van der Waals surface area contributed by atoms with Crippen LogP contribution in [-0.2, 0) is 13.1 Å². The van der Waals surface area contributed by atoms with Crippen LogP contribution in [0, 0.1) is 12.7 Å². The van der Waals surface area contributed by atoms with E-state index in [1.54, 1.807) is 13.1 Å². The zero-order chi connectivity index (χ0) is 15.1. The topological polar surface area (TPSA) is 36.4 Å². The Morgan fingerprint density at radius 1 is 1.00 bits per heavy atom. The van der Waals surface area contributed by atoms with Crippen LogP contribution in [0.4, 0.5) is 4.39 Å². The van der Waals surface area contributed by atoms with Gasteiger partial charge in [0.1, 0.15) is 5.82 Å². The number of rotatable bonds is 4. The summed E-state index contributed by atoms with van der Waals surface area (Å²) in [5.74, 6) is 0.470. The summed E-state index contributed by atoms with van der Waals surface area (Å²) in [5.41, 5.74) is 3.31. The summed E-state index contributed by atoms with van der Waals surface area (Å²) in [5, 5.41) is 6.41. The molecule has 22 heavy (non-hydrogen) atoms. The standard InChI is InChI=1S/C17H20FN3.HI/c1-13-5-3-6-14(9-13)11-20-17(19-2)21-12-15-7-4-8-16(18)10-15;/h3-10H,11-12H2,1-2H3,(H2,19,20,21);1H. The smallest absolute Gasteiger partial charge is 0.191 e. The van der Waals surface area contributed by atoms with E-state index < -0.39 is 0 Å². The Morgan fingerprint density at radius 3 is 2.14 bits per heavy atom. The average Bonchev–Trinajstić information content (AvgIpc) is 2.47. The van der Waals surface area contributed by atoms with Gasteiger partial charge in [-0.2, -0.15) is 0 Å². The fraction of sp³-hybridized carbons (Fsp3) is 0.235. The molecule has 0 aromatic heterocycles. The predicted octanol–water partition coefficient (Wildman–Crippen LogP) is 3.62. The van der Waals surface area contributed by atoms with Crippen LogP contribution in [-0.4, -0.2) is 13.0 Å². The Kier molecular flexibility index (Phi) is 7.87. The highest BCUT2D eigenvalue weighted by molar-refractivity contribution is 14.0. The van der Waals surface area contributed by atoms with Crippen LogP contribution in [0.3, 0.4) is 0 Å². The first-order valence-corrected chi connectivity index (χ1v) is 6.92. The molecule has 118 valence electrons. The first kappa shape index (κ1) is 18.4. The maximum atomic E-state index is 13.1. The molecule has 2 rings (SSSR count). The minimum atomic E-state index is -0.225. The summed E-state index contributed by atoms with van der Waals surface area (Å²) in [4.78, 5) is 4.16. The summed E-state index contributed by atoms with van der Waals surface area (Å²) in [6.07, 6.45) is 0. The third kappa shape index (κ3) is 6.01. The van der Waals surface area contributed by atoms with Crippen LogP contribution >= 0.6 is 24.0 Å². The zero-order valence-electron chi connectivity index (χ0n) is 12.8. The Bertz CT molecular complexity index is 577. The quantitative estimate of drug-likeness (QED) is 0.457. The molecule has 0 heterocycles. The molecule has 3 nitrogen and oxygen atoms in total. The van der Waals surface area contributed by atoms with Gasteiger partial charge in [0.25, 0.3) is 0 Å². The van der Waals surface area contributed by atoms with Gasteiger partial charge in [0.15, 0.2) is 5.96 Å². The van der Waals surface area contributed by atoms with Gasteiger partial charge in [-0.05, 0) is 30.2 Å². The van der Waals surface area contributed by atoms with E-state index in [0.717, 1.165) is 5.56 Å². The lowest BCUT2D eigenvalue weighted by atomic mass is 10.1. The second-order valence-corrected chi connectivity index (χ2v) is 4.90. The van der Waals surface area contributed by atoms with Gasteiger partial charge in [-0.1, -0.05) is 42.0 Å². The summed E-state index contributed by atoms with van der Waals surface area (Å²) >= 11 is 0.